The number of ether oxygens (including phenoxy) is 2. The number of carbonyl (C=O) groups is 2. The SMILES string of the molecule is CCOc1ccc([C@H]2/C(=C(\O)c3cccc(OC)c3)C(=O)C(=O)N2c2cc(C)on2)cc1. The number of Topliss-reactive ketones (excluding diaryl/α,β-unsaturated/α-hetero) is 1. The average Bonchev–Trinajstić information content (AvgIpc) is 3.34. The van der Waals surface area contributed by atoms with Gasteiger partial charge in [-0.15, -0.1) is 0 Å². The number of ketones is 1. The van der Waals surface area contributed by atoms with E-state index < -0.39 is 17.7 Å². The van der Waals surface area contributed by atoms with E-state index in [0.717, 1.165) is 0 Å². The molecule has 0 spiro atoms. The van der Waals surface area contributed by atoms with Crippen LogP contribution in [0.1, 0.15) is 29.9 Å². The molecular weight excluding hydrogens is 412 g/mol. The minimum Gasteiger partial charge on any atom is -0.507 e. The molecule has 0 bridgehead atoms. The lowest BCUT2D eigenvalue weighted by Crippen LogP contribution is -2.29. The molecule has 1 aliphatic heterocycles. The summed E-state index contributed by atoms with van der Waals surface area (Å²) in [6, 6.07) is 14.3. The van der Waals surface area contributed by atoms with Gasteiger partial charge >= 0.3 is 5.91 Å². The highest BCUT2D eigenvalue weighted by Crippen LogP contribution is 2.42. The number of anilines is 1. The number of hydrogen-bond donors (Lipinski definition) is 1. The minimum atomic E-state index is -0.902. The Morgan fingerprint density at radius 1 is 1.12 bits per heavy atom. The molecule has 1 N–H and O–H groups in total. The third kappa shape index (κ3) is 3.71. The predicted molar refractivity (Wildman–Crippen MR) is 117 cm³/mol. The van der Waals surface area contributed by atoms with Crippen LogP contribution >= 0.6 is 0 Å². The van der Waals surface area contributed by atoms with E-state index in [1.807, 2.05) is 6.92 Å². The summed E-state index contributed by atoms with van der Waals surface area (Å²) in [7, 11) is 1.50. The van der Waals surface area contributed by atoms with Gasteiger partial charge in [0.2, 0.25) is 0 Å². The molecule has 0 saturated carbocycles. The van der Waals surface area contributed by atoms with Gasteiger partial charge in [-0.05, 0) is 43.7 Å². The summed E-state index contributed by atoms with van der Waals surface area (Å²) in [6.45, 7) is 4.07. The van der Waals surface area contributed by atoms with E-state index >= 15 is 0 Å². The number of aryl methyl sites for hydroxylation is 1. The minimum absolute atomic E-state index is 0.0481. The van der Waals surface area contributed by atoms with Gasteiger partial charge in [0.05, 0.1) is 25.3 Å². The molecule has 8 heteroatoms. The summed E-state index contributed by atoms with van der Waals surface area (Å²) in [4.78, 5) is 27.4. The number of hydrogen-bond acceptors (Lipinski definition) is 7. The van der Waals surface area contributed by atoms with Crippen molar-refractivity contribution < 1.29 is 28.7 Å². The lowest BCUT2D eigenvalue weighted by molar-refractivity contribution is -0.132. The predicted octanol–water partition coefficient (Wildman–Crippen LogP) is 4.02. The molecule has 3 aromatic rings. The molecule has 1 aromatic heterocycles. The standard InChI is InChI=1S/C24H22N2O6/c1-4-31-17-10-8-15(9-11-17)21-20(22(27)16-6-5-7-18(13-16)30-3)23(28)24(29)26(21)19-12-14(2)32-25-19/h5-13,21,27H,4H2,1-3H3/b22-20+/t21-/m0/s1. The third-order valence-corrected chi connectivity index (χ3v) is 5.16. The molecule has 32 heavy (non-hydrogen) atoms. The zero-order chi connectivity index (χ0) is 22.8. The molecule has 4 rings (SSSR count). The molecule has 0 aliphatic carbocycles. The van der Waals surface area contributed by atoms with Gasteiger partial charge in [0.25, 0.3) is 5.78 Å². The zero-order valence-electron chi connectivity index (χ0n) is 17.9. The summed E-state index contributed by atoms with van der Waals surface area (Å²) in [5, 5.41) is 15.1. The van der Waals surface area contributed by atoms with Crippen molar-refractivity contribution in [3.63, 3.8) is 0 Å². The zero-order valence-corrected chi connectivity index (χ0v) is 17.9. The van der Waals surface area contributed by atoms with Gasteiger partial charge in [-0.2, -0.15) is 0 Å². The second-order valence-corrected chi connectivity index (χ2v) is 7.20. The number of carbonyl (C=O) groups excluding carboxylic acids is 2. The van der Waals surface area contributed by atoms with Gasteiger partial charge in [-0.25, -0.2) is 0 Å². The van der Waals surface area contributed by atoms with Crippen LogP contribution in [0.3, 0.4) is 0 Å². The Balaban J connectivity index is 1.90. The number of rotatable bonds is 6. The highest BCUT2D eigenvalue weighted by atomic mass is 16.5. The van der Waals surface area contributed by atoms with Crippen LogP contribution in [0.2, 0.25) is 0 Å². The number of aliphatic hydroxyl groups is 1. The van der Waals surface area contributed by atoms with Crippen LogP contribution in [0.15, 0.2) is 64.7 Å². The molecule has 2 heterocycles. The normalized spacial score (nSPS) is 17.6. The van der Waals surface area contributed by atoms with Crippen LogP contribution in [0.5, 0.6) is 11.5 Å². The molecule has 8 nitrogen and oxygen atoms in total. The fraction of sp³-hybridized carbons (Fsp3) is 0.208. The number of amides is 1. The van der Waals surface area contributed by atoms with E-state index in [1.54, 1.807) is 61.5 Å². The third-order valence-electron chi connectivity index (χ3n) is 5.16. The fourth-order valence-corrected chi connectivity index (χ4v) is 3.69. The lowest BCUT2D eigenvalue weighted by Gasteiger charge is -2.23. The van der Waals surface area contributed by atoms with E-state index in [2.05, 4.69) is 5.16 Å². The summed E-state index contributed by atoms with van der Waals surface area (Å²) >= 11 is 0. The topological polar surface area (TPSA) is 102 Å². The molecule has 164 valence electrons. The van der Waals surface area contributed by atoms with Crippen LogP contribution in [-0.2, 0) is 9.59 Å². The molecule has 1 fully saturated rings. The van der Waals surface area contributed by atoms with Crippen LogP contribution in [0.4, 0.5) is 5.82 Å². The van der Waals surface area contributed by atoms with Crippen LogP contribution in [0.25, 0.3) is 5.76 Å². The summed E-state index contributed by atoms with van der Waals surface area (Å²) in [5.41, 5.74) is 0.917. The first-order valence-electron chi connectivity index (χ1n) is 10.1. The first kappa shape index (κ1) is 21.2. The summed E-state index contributed by atoms with van der Waals surface area (Å²) in [5.74, 6) is -0.0880. The highest BCUT2D eigenvalue weighted by Gasteiger charge is 2.48. The van der Waals surface area contributed by atoms with Crippen molar-refractivity contribution in [1.82, 2.24) is 5.16 Å². The van der Waals surface area contributed by atoms with Gasteiger partial charge in [0.1, 0.15) is 23.0 Å². The Bertz CT molecular complexity index is 1200. The first-order chi connectivity index (χ1) is 15.4. The van der Waals surface area contributed by atoms with Gasteiger partial charge in [-0.1, -0.05) is 29.4 Å². The fourth-order valence-electron chi connectivity index (χ4n) is 3.69. The van der Waals surface area contributed by atoms with Crippen molar-refractivity contribution in [2.24, 2.45) is 0 Å². The Kier molecular flexibility index (Phi) is 5.68. The largest absolute Gasteiger partial charge is 0.507 e. The number of benzene rings is 2. The van der Waals surface area contributed by atoms with E-state index in [9.17, 15) is 14.7 Å². The highest BCUT2D eigenvalue weighted by molar-refractivity contribution is 6.51. The van der Waals surface area contributed by atoms with E-state index in [4.69, 9.17) is 14.0 Å². The number of nitrogens with zero attached hydrogens (tertiary/aromatic N) is 2. The Labute approximate surface area is 184 Å². The molecule has 0 unspecified atom stereocenters. The smallest absolute Gasteiger partial charge is 0.301 e. The maximum absolute atomic E-state index is 13.1. The maximum atomic E-state index is 13.1. The molecule has 1 saturated heterocycles. The monoisotopic (exact) mass is 434 g/mol. The molecule has 0 radical (unpaired) electrons. The summed E-state index contributed by atoms with van der Waals surface area (Å²) < 4.78 is 15.9. The molecular formula is C24H22N2O6. The Morgan fingerprint density at radius 2 is 1.88 bits per heavy atom. The average molecular weight is 434 g/mol. The van der Waals surface area contributed by atoms with Crippen LogP contribution in [0, 0.1) is 6.92 Å². The van der Waals surface area contributed by atoms with Crippen LogP contribution < -0.4 is 14.4 Å². The van der Waals surface area contributed by atoms with E-state index in [0.29, 0.717) is 35.0 Å². The number of methoxy groups -OCH3 is 1. The van der Waals surface area contributed by atoms with Gasteiger partial charge in [-0.3, -0.25) is 14.5 Å². The molecule has 1 amide bonds. The second kappa shape index (κ2) is 8.58. The molecule has 1 atom stereocenters. The second-order valence-electron chi connectivity index (χ2n) is 7.20. The van der Waals surface area contributed by atoms with Crippen molar-refractivity contribution in [1.29, 1.82) is 0 Å². The number of aromatic nitrogens is 1. The van der Waals surface area contributed by atoms with Gasteiger partial charge in [0, 0.05) is 11.6 Å². The first-order valence-corrected chi connectivity index (χ1v) is 10.1. The van der Waals surface area contributed by atoms with Crippen molar-refractivity contribution >= 4 is 23.3 Å². The van der Waals surface area contributed by atoms with Crippen molar-refractivity contribution in [3.8, 4) is 11.5 Å². The van der Waals surface area contributed by atoms with Crippen molar-refractivity contribution in [2.45, 2.75) is 19.9 Å². The number of aliphatic hydroxyl groups excluding tert-OH is 1. The molecule has 2 aromatic carbocycles. The van der Waals surface area contributed by atoms with Crippen molar-refractivity contribution in [3.05, 3.63) is 77.1 Å². The van der Waals surface area contributed by atoms with E-state index in [1.165, 1.54) is 12.0 Å². The van der Waals surface area contributed by atoms with Crippen molar-refractivity contribution in [2.75, 3.05) is 18.6 Å². The molecule has 1 aliphatic rings. The Hall–Kier alpha value is -4.07. The van der Waals surface area contributed by atoms with E-state index in [-0.39, 0.29) is 17.2 Å². The maximum Gasteiger partial charge on any atom is 0.301 e. The van der Waals surface area contributed by atoms with Gasteiger partial charge in [0.15, 0.2) is 5.82 Å². The van der Waals surface area contributed by atoms with Gasteiger partial charge < -0.3 is 19.1 Å². The van der Waals surface area contributed by atoms with Crippen LogP contribution in [-0.4, -0.2) is 35.7 Å². The summed E-state index contributed by atoms with van der Waals surface area (Å²) in [6.07, 6.45) is 0. The lowest BCUT2D eigenvalue weighted by atomic mass is 9.95. The Morgan fingerprint density at radius 3 is 2.50 bits per heavy atom. The quantitative estimate of drug-likeness (QED) is 0.355.